The smallest absolute Gasteiger partial charge is 0.224 e. The van der Waals surface area contributed by atoms with E-state index >= 15 is 0 Å². The van der Waals surface area contributed by atoms with Gasteiger partial charge in [-0.2, -0.15) is 0 Å². The van der Waals surface area contributed by atoms with Gasteiger partial charge in [0.1, 0.15) is 0 Å². The molecule has 2 aromatic rings. The second-order valence-corrected chi connectivity index (χ2v) is 7.31. The molecule has 1 amide bonds. The number of carbonyl (C=O) groups is 1. The Hall–Kier alpha value is -1.94. The van der Waals surface area contributed by atoms with Gasteiger partial charge in [-0.25, -0.2) is 0 Å². The summed E-state index contributed by atoms with van der Waals surface area (Å²) in [7, 11) is 0. The van der Waals surface area contributed by atoms with Crippen LogP contribution in [-0.4, -0.2) is 29.1 Å². The first-order valence-corrected chi connectivity index (χ1v) is 9.14. The van der Waals surface area contributed by atoms with Crippen LogP contribution in [0.2, 0.25) is 0 Å². The summed E-state index contributed by atoms with van der Waals surface area (Å²) >= 11 is 0. The minimum Gasteiger partial charge on any atom is -0.396 e. The number of hydrogen-bond donors (Lipinski definition) is 2. The number of rotatable bonds is 8. The lowest BCUT2D eigenvalue weighted by Gasteiger charge is -2.19. The molecule has 0 aliphatic rings. The molecule has 0 saturated heterocycles. The van der Waals surface area contributed by atoms with E-state index in [-0.39, 0.29) is 12.5 Å². The topological polar surface area (TPSA) is 62.2 Å². The zero-order valence-corrected chi connectivity index (χ0v) is 15.8. The van der Waals surface area contributed by atoms with E-state index in [1.807, 2.05) is 25.1 Å². The van der Waals surface area contributed by atoms with Crippen LogP contribution in [0, 0.1) is 25.7 Å². The van der Waals surface area contributed by atoms with Gasteiger partial charge < -0.3 is 10.4 Å². The summed E-state index contributed by atoms with van der Waals surface area (Å²) in [6.07, 6.45) is 2.09. The van der Waals surface area contributed by atoms with Crippen LogP contribution in [0.5, 0.6) is 0 Å². The number of nitrogens with one attached hydrogen (secondary N) is 1. The standard InChI is InChI=1S/C21H30N2O2/c1-14(2)11-17(9-10-24)13-22-21(25)12-19-15(3)18-7-5-6-8-20(18)23-16(19)4/h5-8,14,17,24H,9-13H2,1-4H3,(H,22,25). The maximum absolute atomic E-state index is 12.4. The number of aliphatic hydroxyl groups is 1. The molecule has 1 unspecified atom stereocenters. The van der Waals surface area contributed by atoms with Gasteiger partial charge in [0.2, 0.25) is 5.91 Å². The Labute approximate surface area is 150 Å². The second-order valence-electron chi connectivity index (χ2n) is 7.31. The van der Waals surface area contributed by atoms with E-state index in [0.717, 1.165) is 40.6 Å². The quantitative estimate of drug-likeness (QED) is 0.771. The Morgan fingerprint density at radius 1 is 1.24 bits per heavy atom. The summed E-state index contributed by atoms with van der Waals surface area (Å²) in [5.74, 6) is 0.906. The summed E-state index contributed by atoms with van der Waals surface area (Å²) in [6, 6.07) is 8.04. The molecular weight excluding hydrogens is 312 g/mol. The highest BCUT2D eigenvalue weighted by molar-refractivity contribution is 5.86. The molecule has 0 aliphatic heterocycles. The number of aromatic nitrogens is 1. The molecule has 1 atom stereocenters. The van der Waals surface area contributed by atoms with E-state index in [4.69, 9.17) is 0 Å². The van der Waals surface area contributed by atoms with E-state index < -0.39 is 0 Å². The Morgan fingerprint density at radius 2 is 1.96 bits per heavy atom. The maximum atomic E-state index is 12.4. The largest absolute Gasteiger partial charge is 0.396 e. The normalized spacial score (nSPS) is 12.6. The third-order valence-corrected chi connectivity index (χ3v) is 4.75. The van der Waals surface area contributed by atoms with Crippen LogP contribution in [0.3, 0.4) is 0 Å². The van der Waals surface area contributed by atoms with Gasteiger partial charge in [0.25, 0.3) is 0 Å². The fraction of sp³-hybridized carbons (Fsp3) is 0.524. The van der Waals surface area contributed by atoms with Gasteiger partial charge in [0, 0.05) is 24.2 Å². The van der Waals surface area contributed by atoms with Gasteiger partial charge >= 0.3 is 0 Å². The Bertz CT molecular complexity index is 725. The summed E-state index contributed by atoms with van der Waals surface area (Å²) in [5, 5.41) is 13.4. The minimum atomic E-state index is 0.0231. The van der Waals surface area contributed by atoms with Crippen molar-refractivity contribution in [2.75, 3.05) is 13.2 Å². The summed E-state index contributed by atoms with van der Waals surface area (Å²) < 4.78 is 0. The van der Waals surface area contributed by atoms with Gasteiger partial charge in [0.15, 0.2) is 0 Å². The van der Waals surface area contributed by atoms with E-state index in [0.29, 0.717) is 24.8 Å². The summed E-state index contributed by atoms with van der Waals surface area (Å²) in [6.45, 7) is 9.15. The number of carbonyl (C=O) groups excluding carboxylic acids is 1. The lowest BCUT2D eigenvalue weighted by Crippen LogP contribution is -2.32. The van der Waals surface area contributed by atoms with Crippen LogP contribution in [0.25, 0.3) is 10.9 Å². The van der Waals surface area contributed by atoms with Crippen molar-refractivity contribution < 1.29 is 9.90 Å². The number of para-hydroxylation sites is 1. The third kappa shape index (κ3) is 5.27. The highest BCUT2D eigenvalue weighted by atomic mass is 16.3. The first-order chi connectivity index (χ1) is 11.9. The predicted molar refractivity (Wildman–Crippen MR) is 103 cm³/mol. The van der Waals surface area contributed by atoms with Gasteiger partial charge in [-0.05, 0) is 55.7 Å². The lowest BCUT2D eigenvalue weighted by molar-refractivity contribution is -0.120. The first-order valence-electron chi connectivity index (χ1n) is 9.14. The van der Waals surface area contributed by atoms with Crippen molar-refractivity contribution in [1.82, 2.24) is 10.3 Å². The average molecular weight is 342 g/mol. The Kier molecular flexibility index (Phi) is 6.94. The molecular formula is C21H30N2O2. The average Bonchev–Trinajstić information content (AvgIpc) is 2.56. The fourth-order valence-corrected chi connectivity index (χ4v) is 3.46. The number of nitrogens with zero attached hydrogens (tertiary/aromatic N) is 1. The maximum Gasteiger partial charge on any atom is 0.224 e. The molecule has 0 fully saturated rings. The van der Waals surface area contributed by atoms with Gasteiger partial charge in [-0.1, -0.05) is 32.0 Å². The van der Waals surface area contributed by atoms with E-state index in [1.165, 1.54) is 0 Å². The van der Waals surface area contributed by atoms with Crippen molar-refractivity contribution in [2.24, 2.45) is 11.8 Å². The fourth-order valence-electron chi connectivity index (χ4n) is 3.46. The van der Waals surface area contributed by atoms with Crippen LogP contribution in [0.15, 0.2) is 24.3 Å². The number of aryl methyl sites for hydroxylation is 2. The van der Waals surface area contributed by atoms with Crippen molar-refractivity contribution in [3.63, 3.8) is 0 Å². The highest BCUT2D eigenvalue weighted by Crippen LogP contribution is 2.23. The summed E-state index contributed by atoms with van der Waals surface area (Å²) in [4.78, 5) is 17.1. The molecule has 136 valence electrons. The monoisotopic (exact) mass is 342 g/mol. The number of pyridine rings is 1. The van der Waals surface area contributed by atoms with Gasteiger partial charge in [-0.3, -0.25) is 9.78 Å². The van der Waals surface area contributed by atoms with E-state index in [1.54, 1.807) is 0 Å². The van der Waals surface area contributed by atoms with Crippen molar-refractivity contribution in [1.29, 1.82) is 0 Å². The molecule has 0 spiro atoms. The predicted octanol–water partition coefficient (Wildman–Crippen LogP) is 3.56. The Morgan fingerprint density at radius 3 is 2.64 bits per heavy atom. The number of amides is 1. The zero-order valence-electron chi connectivity index (χ0n) is 15.8. The van der Waals surface area contributed by atoms with Crippen molar-refractivity contribution in [2.45, 2.75) is 47.0 Å². The van der Waals surface area contributed by atoms with Crippen LogP contribution in [0.1, 0.15) is 43.5 Å². The van der Waals surface area contributed by atoms with Crippen LogP contribution in [0.4, 0.5) is 0 Å². The molecule has 2 rings (SSSR count). The molecule has 4 nitrogen and oxygen atoms in total. The number of benzene rings is 1. The molecule has 25 heavy (non-hydrogen) atoms. The second kappa shape index (κ2) is 8.95. The zero-order chi connectivity index (χ0) is 18.4. The number of aliphatic hydroxyl groups excluding tert-OH is 1. The molecule has 1 aromatic carbocycles. The molecule has 1 aromatic heterocycles. The highest BCUT2D eigenvalue weighted by Gasteiger charge is 2.15. The molecule has 4 heteroatoms. The van der Waals surface area contributed by atoms with Crippen LogP contribution in [-0.2, 0) is 11.2 Å². The van der Waals surface area contributed by atoms with Crippen LogP contribution < -0.4 is 5.32 Å². The SMILES string of the molecule is Cc1nc2ccccc2c(C)c1CC(=O)NCC(CCO)CC(C)C. The Balaban J connectivity index is 2.06. The van der Waals surface area contributed by atoms with E-state index in [2.05, 4.69) is 37.1 Å². The first kappa shape index (κ1) is 19.4. The molecule has 0 aliphatic carbocycles. The van der Waals surface area contributed by atoms with Crippen molar-refractivity contribution in [3.8, 4) is 0 Å². The minimum absolute atomic E-state index is 0.0231. The van der Waals surface area contributed by atoms with E-state index in [9.17, 15) is 9.90 Å². The molecule has 1 heterocycles. The molecule has 2 N–H and O–H groups in total. The summed E-state index contributed by atoms with van der Waals surface area (Å²) in [5.41, 5.74) is 4.04. The van der Waals surface area contributed by atoms with Gasteiger partial charge in [-0.15, -0.1) is 0 Å². The van der Waals surface area contributed by atoms with Crippen molar-refractivity contribution in [3.05, 3.63) is 41.1 Å². The molecule has 0 bridgehead atoms. The molecule has 0 radical (unpaired) electrons. The van der Waals surface area contributed by atoms with Crippen molar-refractivity contribution >= 4 is 16.8 Å². The third-order valence-electron chi connectivity index (χ3n) is 4.75. The lowest BCUT2D eigenvalue weighted by atomic mass is 9.94. The number of fused-ring (bicyclic) bond motifs is 1. The number of hydrogen-bond acceptors (Lipinski definition) is 3. The van der Waals surface area contributed by atoms with Gasteiger partial charge in [0.05, 0.1) is 11.9 Å². The molecule has 0 saturated carbocycles. The van der Waals surface area contributed by atoms with Crippen LogP contribution >= 0.6 is 0 Å².